The fourth-order valence-corrected chi connectivity index (χ4v) is 12.8. The number of nitrogens with zero attached hydrogens (tertiary/aromatic N) is 2. The first-order chi connectivity index (χ1) is 35.5. The maximum absolute atomic E-state index is 2.53. The Morgan fingerprint density at radius 3 is 1.46 bits per heavy atom. The molecule has 0 unspecified atom stereocenters. The predicted octanol–water partition coefficient (Wildman–Crippen LogP) is 18.3. The van der Waals surface area contributed by atoms with E-state index in [9.17, 15) is 0 Å². The standard InChI is InChI=1S/C70H50N2/c1-69(2)61-35-17-19-37-63(61)70(64-38-20-18-36-62(64)69)60-34-16-13-31-55(60)56-43-41-50(46-65(56)70)71(49-42-44-68-59(45-49)58-33-15-22-40-67(58)72(68)48-25-7-4-8-26-48)66-39-21-14-32-57(66)54-30-12-11-29-53(54)52-28-10-9-27-51(52)47-23-5-3-6-24-47/h3-46H,1-2H3. The van der Waals surface area contributed by atoms with E-state index in [2.05, 4.69) is 290 Å². The molecule has 0 bridgehead atoms. The van der Waals surface area contributed by atoms with Crippen LogP contribution < -0.4 is 4.90 Å². The largest absolute Gasteiger partial charge is 0.310 e. The molecule has 1 aromatic heterocycles. The smallest absolute Gasteiger partial charge is 0.0720 e. The lowest BCUT2D eigenvalue weighted by molar-refractivity contribution is 0.563. The summed E-state index contributed by atoms with van der Waals surface area (Å²) in [7, 11) is 0. The minimum atomic E-state index is -0.545. The zero-order chi connectivity index (χ0) is 48.0. The van der Waals surface area contributed by atoms with Crippen LogP contribution in [0.1, 0.15) is 47.2 Å². The molecule has 0 N–H and O–H groups in total. The summed E-state index contributed by atoms with van der Waals surface area (Å²) < 4.78 is 2.41. The minimum Gasteiger partial charge on any atom is -0.310 e. The third-order valence-corrected chi connectivity index (χ3v) is 15.9. The SMILES string of the molecule is CC1(C)c2ccccc2C2(c3ccccc3-c3ccc(N(c4ccc5c(c4)c4ccccc4n5-c4ccccc4)c4ccccc4-c4ccccc4-c4ccccc4-c4ccccc4)cc32)c2ccccc21. The molecule has 2 aliphatic carbocycles. The summed E-state index contributed by atoms with van der Waals surface area (Å²) >= 11 is 0. The van der Waals surface area contributed by atoms with Crippen LogP contribution >= 0.6 is 0 Å². The Kier molecular flexibility index (Phi) is 9.50. The van der Waals surface area contributed by atoms with Crippen molar-refractivity contribution >= 4 is 38.9 Å². The first-order valence-electron chi connectivity index (χ1n) is 25.2. The van der Waals surface area contributed by atoms with Gasteiger partial charge in [0.15, 0.2) is 0 Å². The summed E-state index contributed by atoms with van der Waals surface area (Å²) in [5.41, 5.74) is 23.8. The molecule has 12 aromatic rings. The second kappa shape index (κ2) is 16.3. The highest BCUT2D eigenvalue weighted by molar-refractivity contribution is 6.11. The molecule has 0 amide bonds. The third kappa shape index (κ3) is 6.09. The minimum absolute atomic E-state index is 0.195. The maximum atomic E-state index is 2.53. The van der Waals surface area contributed by atoms with Crippen LogP contribution in [-0.4, -0.2) is 4.57 Å². The number of benzene rings is 11. The van der Waals surface area contributed by atoms with Crippen LogP contribution in [0.15, 0.2) is 267 Å². The number of anilines is 3. The zero-order valence-corrected chi connectivity index (χ0v) is 40.3. The second-order valence-electron chi connectivity index (χ2n) is 19.9. The van der Waals surface area contributed by atoms with Gasteiger partial charge in [0.1, 0.15) is 0 Å². The molecular weight excluding hydrogens is 869 g/mol. The first kappa shape index (κ1) is 41.9. The topological polar surface area (TPSA) is 8.17 Å². The molecule has 1 spiro atoms. The number of para-hydroxylation sites is 3. The molecule has 0 radical (unpaired) electrons. The first-order valence-corrected chi connectivity index (χ1v) is 25.2. The van der Waals surface area contributed by atoms with Crippen LogP contribution in [0, 0.1) is 0 Å². The molecule has 2 heteroatoms. The van der Waals surface area contributed by atoms with Gasteiger partial charge in [-0.05, 0) is 127 Å². The van der Waals surface area contributed by atoms with Gasteiger partial charge in [0, 0.05) is 38.8 Å². The number of aromatic nitrogens is 1. The fraction of sp³-hybridized carbons (Fsp3) is 0.0571. The number of hydrogen-bond donors (Lipinski definition) is 0. The van der Waals surface area contributed by atoms with Gasteiger partial charge in [-0.2, -0.15) is 0 Å². The Balaban J connectivity index is 1.06. The highest BCUT2D eigenvalue weighted by atomic mass is 15.1. The van der Waals surface area contributed by atoms with Gasteiger partial charge in [-0.3, -0.25) is 0 Å². The van der Waals surface area contributed by atoms with Crippen LogP contribution in [0.2, 0.25) is 0 Å². The van der Waals surface area contributed by atoms with E-state index >= 15 is 0 Å². The van der Waals surface area contributed by atoms with Crippen molar-refractivity contribution in [2.75, 3.05) is 4.90 Å². The Hall–Kier alpha value is -8.98. The van der Waals surface area contributed by atoms with Gasteiger partial charge in [-0.25, -0.2) is 0 Å². The molecule has 0 saturated heterocycles. The van der Waals surface area contributed by atoms with Crippen LogP contribution in [0.3, 0.4) is 0 Å². The molecule has 2 aliphatic rings. The van der Waals surface area contributed by atoms with Crippen molar-refractivity contribution in [3.8, 4) is 50.2 Å². The van der Waals surface area contributed by atoms with Crippen LogP contribution in [0.25, 0.3) is 72.0 Å². The summed E-state index contributed by atoms with van der Waals surface area (Å²) in [5, 5.41) is 2.42. The Morgan fingerprint density at radius 2 is 0.764 bits per heavy atom. The van der Waals surface area contributed by atoms with Crippen molar-refractivity contribution in [2.45, 2.75) is 24.7 Å². The van der Waals surface area contributed by atoms with E-state index in [1.54, 1.807) is 0 Å². The monoisotopic (exact) mass is 918 g/mol. The molecular formula is C70H50N2. The average molecular weight is 919 g/mol. The zero-order valence-electron chi connectivity index (χ0n) is 40.3. The molecule has 0 atom stereocenters. The lowest BCUT2D eigenvalue weighted by atomic mass is 9.55. The van der Waals surface area contributed by atoms with E-state index in [0.29, 0.717) is 0 Å². The molecule has 1 heterocycles. The molecule has 14 rings (SSSR count). The van der Waals surface area contributed by atoms with E-state index in [-0.39, 0.29) is 5.41 Å². The van der Waals surface area contributed by atoms with E-state index in [1.165, 1.54) is 94.1 Å². The summed E-state index contributed by atoms with van der Waals surface area (Å²) in [6.07, 6.45) is 0. The van der Waals surface area contributed by atoms with E-state index in [1.807, 2.05) is 0 Å². The van der Waals surface area contributed by atoms with Crippen LogP contribution in [-0.2, 0) is 10.8 Å². The van der Waals surface area contributed by atoms with E-state index < -0.39 is 5.41 Å². The predicted molar refractivity (Wildman–Crippen MR) is 301 cm³/mol. The van der Waals surface area contributed by atoms with Crippen molar-refractivity contribution < 1.29 is 0 Å². The third-order valence-electron chi connectivity index (χ3n) is 15.9. The lowest BCUT2D eigenvalue weighted by Gasteiger charge is -2.46. The number of rotatable bonds is 7. The van der Waals surface area contributed by atoms with Crippen molar-refractivity contribution in [3.05, 3.63) is 300 Å². The Bertz CT molecular complexity index is 4030. The van der Waals surface area contributed by atoms with Crippen LogP contribution in [0.4, 0.5) is 17.1 Å². The van der Waals surface area contributed by atoms with Gasteiger partial charge in [-0.15, -0.1) is 0 Å². The molecule has 340 valence electrons. The van der Waals surface area contributed by atoms with Crippen LogP contribution in [0.5, 0.6) is 0 Å². The van der Waals surface area contributed by atoms with Gasteiger partial charge in [0.2, 0.25) is 0 Å². The van der Waals surface area contributed by atoms with E-state index in [0.717, 1.165) is 28.3 Å². The van der Waals surface area contributed by atoms with Gasteiger partial charge in [0.05, 0.1) is 22.1 Å². The molecule has 0 saturated carbocycles. The normalized spacial score (nSPS) is 13.6. The summed E-state index contributed by atoms with van der Waals surface area (Å²) in [6.45, 7) is 4.80. The van der Waals surface area contributed by atoms with Gasteiger partial charge >= 0.3 is 0 Å². The molecule has 0 fully saturated rings. The van der Waals surface area contributed by atoms with Gasteiger partial charge in [-0.1, -0.05) is 226 Å². The van der Waals surface area contributed by atoms with Gasteiger partial charge in [0.25, 0.3) is 0 Å². The van der Waals surface area contributed by atoms with Crippen molar-refractivity contribution in [3.63, 3.8) is 0 Å². The van der Waals surface area contributed by atoms with Gasteiger partial charge < -0.3 is 9.47 Å². The highest BCUT2D eigenvalue weighted by Crippen LogP contribution is 2.63. The highest BCUT2D eigenvalue weighted by Gasteiger charge is 2.53. The molecule has 0 aliphatic heterocycles. The molecule has 2 nitrogen and oxygen atoms in total. The summed E-state index contributed by atoms with van der Waals surface area (Å²) in [5.74, 6) is 0. The quantitative estimate of drug-likeness (QED) is 0.155. The van der Waals surface area contributed by atoms with Crippen molar-refractivity contribution in [1.29, 1.82) is 0 Å². The number of fused-ring (bicyclic) bond motifs is 12. The van der Waals surface area contributed by atoms with E-state index in [4.69, 9.17) is 0 Å². The lowest BCUT2D eigenvalue weighted by Crippen LogP contribution is -2.40. The average Bonchev–Trinajstić information content (AvgIpc) is 3.93. The Labute approximate surface area is 421 Å². The fourth-order valence-electron chi connectivity index (χ4n) is 12.8. The Morgan fingerprint density at radius 1 is 0.306 bits per heavy atom. The molecule has 11 aromatic carbocycles. The second-order valence-corrected chi connectivity index (χ2v) is 19.9. The van der Waals surface area contributed by atoms with Crippen molar-refractivity contribution in [2.24, 2.45) is 0 Å². The summed E-state index contributed by atoms with van der Waals surface area (Å²) in [6, 6.07) is 99.2. The van der Waals surface area contributed by atoms with Crippen molar-refractivity contribution in [1.82, 2.24) is 4.57 Å². The summed E-state index contributed by atoms with van der Waals surface area (Å²) in [4.78, 5) is 2.53. The molecule has 72 heavy (non-hydrogen) atoms. The number of hydrogen-bond acceptors (Lipinski definition) is 1. The maximum Gasteiger partial charge on any atom is 0.0720 e.